The van der Waals surface area contributed by atoms with Gasteiger partial charge in [-0.2, -0.15) is 0 Å². The number of hydrogen-bond donors (Lipinski definition) is 1. The van der Waals surface area contributed by atoms with Gasteiger partial charge in [0.25, 0.3) is 0 Å². The molecule has 0 saturated carbocycles. The summed E-state index contributed by atoms with van der Waals surface area (Å²) >= 11 is 0. The minimum atomic E-state index is -0.257. The molecule has 2 aromatic rings. The first-order chi connectivity index (χ1) is 10.3. The van der Waals surface area contributed by atoms with Gasteiger partial charge in [-0.05, 0) is 18.2 Å². The maximum atomic E-state index is 13.4. The van der Waals surface area contributed by atoms with Crippen LogP contribution in [0.15, 0.2) is 24.5 Å². The molecule has 5 rings (SSSR count). The number of nitrogens with one attached hydrogen (secondary N) is 1. The van der Waals surface area contributed by atoms with E-state index in [1.54, 1.807) is 6.07 Å². The zero-order chi connectivity index (χ0) is 14.2. The fraction of sp³-hybridized carbons (Fsp3) is 0.467. The highest BCUT2D eigenvalue weighted by Gasteiger charge is 2.31. The molecular formula is C15H18FN5. The Morgan fingerprint density at radius 3 is 2.81 bits per heavy atom. The molecule has 0 radical (unpaired) electrons. The largest absolute Gasteiger partial charge is 0.368 e. The maximum absolute atomic E-state index is 13.4. The predicted molar refractivity (Wildman–Crippen MR) is 79.8 cm³/mol. The molecule has 0 aliphatic carbocycles. The van der Waals surface area contributed by atoms with Gasteiger partial charge in [-0.1, -0.05) is 0 Å². The first kappa shape index (κ1) is 12.9. The number of benzene rings is 1. The van der Waals surface area contributed by atoms with Crippen molar-refractivity contribution >= 4 is 16.7 Å². The van der Waals surface area contributed by atoms with Gasteiger partial charge in [-0.3, -0.25) is 9.80 Å². The summed E-state index contributed by atoms with van der Waals surface area (Å²) in [5.74, 6) is 0.462. The third-order valence-electron chi connectivity index (χ3n) is 4.49. The van der Waals surface area contributed by atoms with Gasteiger partial charge >= 0.3 is 0 Å². The normalized spacial score (nSPS) is 28.0. The summed E-state index contributed by atoms with van der Waals surface area (Å²) in [5.41, 5.74) is 0.767. The standard InChI is InChI=1S/C15H18FN5/c16-11-1-2-14-13(7-11)15(19-10-18-14)17-8-12-9-20-3-5-21(12)6-4-20/h1-2,7,10,12H,3-6,8-9H2,(H,17,18,19). The minimum absolute atomic E-state index is 0.257. The molecule has 6 heteroatoms. The van der Waals surface area contributed by atoms with Crippen LogP contribution in [-0.4, -0.2) is 65.1 Å². The van der Waals surface area contributed by atoms with Crippen LogP contribution in [0.3, 0.4) is 0 Å². The van der Waals surface area contributed by atoms with Crippen molar-refractivity contribution < 1.29 is 4.39 Å². The fourth-order valence-electron chi connectivity index (χ4n) is 3.30. The van der Waals surface area contributed by atoms with E-state index in [4.69, 9.17) is 0 Å². The van der Waals surface area contributed by atoms with Crippen LogP contribution in [0.4, 0.5) is 10.2 Å². The lowest BCUT2D eigenvalue weighted by atomic mass is 10.1. The van der Waals surface area contributed by atoms with E-state index < -0.39 is 0 Å². The highest BCUT2D eigenvalue weighted by molar-refractivity contribution is 5.88. The average molecular weight is 287 g/mol. The Labute approximate surface area is 122 Å². The minimum Gasteiger partial charge on any atom is -0.368 e. The quantitative estimate of drug-likeness (QED) is 0.918. The van der Waals surface area contributed by atoms with Gasteiger partial charge in [0.05, 0.1) is 5.52 Å². The lowest BCUT2D eigenvalue weighted by molar-refractivity contribution is 0.0189. The molecule has 3 aliphatic heterocycles. The molecule has 3 aliphatic rings. The average Bonchev–Trinajstić information content (AvgIpc) is 2.54. The van der Waals surface area contributed by atoms with Gasteiger partial charge < -0.3 is 5.32 Å². The molecule has 3 saturated heterocycles. The Balaban J connectivity index is 1.53. The van der Waals surface area contributed by atoms with Crippen molar-refractivity contribution in [2.75, 3.05) is 44.6 Å². The molecule has 110 valence electrons. The summed E-state index contributed by atoms with van der Waals surface area (Å²) in [5, 5.41) is 4.13. The molecule has 0 spiro atoms. The summed E-state index contributed by atoms with van der Waals surface area (Å²) in [7, 11) is 0. The molecule has 21 heavy (non-hydrogen) atoms. The number of rotatable bonds is 3. The van der Waals surface area contributed by atoms with Crippen LogP contribution in [-0.2, 0) is 0 Å². The van der Waals surface area contributed by atoms with E-state index in [-0.39, 0.29) is 5.82 Å². The van der Waals surface area contributed by atoms with Gasteiger partial charge in [0, 0.05) is 50.7 Å². The van der Waals surface area contributed by atoms with Crippen LogP contribution in [0.25, 0.3) is 10.9 Å². The highest BCUT2D eigenvalue weighted by atomic mass is 19.1. The Hall–Kier alpha value is -1.79. The van der Waals surface area contributed by atoms with E-state index in [2.05, 4.69) is 25.1 Å². The summed E-state index contributed by atoms with van der Waals surface area (Å²) < 4.78 is 13.4. The maximum Gasteiger partial charge on any atom is 0.137 e. The number of halogens is 1. The van der Waals surface area contributed by atoms with Gasteiger partial charge in [-0.15, -0.1) is 0 Å². The van der Waals surface area contributed by atoms with E-state index in [9.17, 15) is 4.39 Å². The third-order valence-corrected chi connectivity index (χ3v) is 4.49. The molecule has 5 nitrogen and oxygen atoms in total. The second kappa shape index (κ2) is 5.20. The summed E-state index contributed by atoms with van der Waals surface area (Å²) in [6.07, 6.45) is 1.53. The molecule has 1 aromatic carbocycles. The van der Waals surface area contributed by atoms with Crippen molar-refractivity contribution in [3.05, 3.63) is 30.3 Å². The second-order valence-corrected chi connectivity index (χ2v) is 5.76. The van der Waals surface area contributed by atoms with Crippen molar-refractivity contribution in [3.63, 3.8) is 0 Å². The summed E-state index contributed by atoms with van der Waals surface area (Å²) in [6, 6.07) is 5.12. The molecule has 3 fully saturated rings. The van der Waals surface area contributed by atoms with Crippen molar-refractivity contribution in [3.8, 4) is 0 Å². The van der Waals surface area contributed by atoms with Crippen molar-refractivity contribution in [2.24, 2.45) is 0 Å². The van der Waals surface area contributed by atoms with E-state index in [0.29, 0.717) is 6.04 Å². The molecule has 1 aromatic heterocycles. The van der Waals surface area contributed by atoms with Crippen LogP contribution < -0.4 is 5.32 Å². The van der Waals surface area contributed by atoms with Crippen molar-refractivity contribution in [1.29, 1.82) is 0 Å². The topological polar surface area (TPSA) is 44.3 Å². The van der Waals surface area contributed by atoms with E-state index in [1.807, 2.05) is 0 Å². The zero-order valence-electron chi connectivity index (χ0n) is 11.8. The van der Waals surface area contributed by atoms with E-state index in [1.165, 1.54) is 31.5 Å². The molecule has 2 bridgehead atoms. The van der Waals surface area contributed by atoms with Crippen LogP contribution in [0.5, 0.6) is 0 Å². The second-order valence-electron chi connectivity index (χ2n) is 5.76. The fourth-order valence-corrected chi connectivity index (χ4v) is 3.30. The highest BCUT2D eigenvalue weighted by Crippen LogP contribution is 2.21. The molecule has 0 amide bonds. The monoisotopic (exact) mass is 287 g/mol. The Morgan fingerprint density at radius 2 is 2.05 bits per heavy atom. The Kier molecular flexibility index (Phi) is 3.20. The molecule has 1 atom stereocenters. The molecular weight excluding hydrogens is 269 g/mol. The Morgan fingerprint density at radius 1 is 1.19 bits per heavy atom. The number of nitrogens with zero attached hydrogens (tertiary/aromatic N) is 4. The molecule has 1 unspecified atom stereocenters. The summed E-state index contributed by atoms with van der Waals surface area (Å²) in [4.78, 5) is 13.5. The lowest BCUT2D eigenvalue weighted by Gasteiger charge is -2.47. The number of hydrogen-bond acceptors (Lipinski definition) is 5. The third kappa shape index (κ3) is 2.45. The number of fused-ring (bicyclic) bond motifs is 4. The first-order valence-corrected chi connectivity index (χ1v) is 7.40. The lowest BCUT2D eigenvalue weighted by Crippen LogP contribution is -2.62. The Bertz CT molecular complexity index is 654. The molecule has 1 N–H and O–H groups in total. The van der Waals surface area contributed by atoms with Crippen molar-refractivity contribution in [1.82, 2.24) is 19.8 Å². The zero-order valence-corrected chi connectivity index (χ0v) is 11.8. The predicted octanol–water partition coefficient (Wildman–Crippen LogP) is 1.18. The first-order valence-electron chi connectivity index (χ1n) is 7.40. The van der Waals surface area contributed by atoms with Crippen LogP contribution >= 0.6 is 0 Å². The van der Waals surface area contributed by atoms with E-state index >= 15 is 0 Å². The van der Waals surface area contributed by atoms with Crippen LogP contribution in [0.1, 0.15) is 0 Å². The van der Waals surface area contributed by atoms with Gasteiger partial charge in [0.2, 0.25) is 0 Å². The number of aromatic nitrogens is 2. The summed E-state index contributed by atoms with van der Waals surface area (Å²) in [6.45, 7) is 6.58. The van der Waals surface area contributed by atoms with Gasteiger partial charge in [-0.25, -0.2) is 14.4 Å². The van der Waals surface area contributed by atoms with Gasteiger partial charge in [0.15, 0.2) is 0 Å². The van der Waals surface area contributed by atoms with Crippen molar-refractivity contribution in [2.45, 2.75) is 6.04 Å². The van der Waals surface area contributed by atoms with Crippen LogP contribution in [0, 0.1) is 5.82 Å². The smallest absolute Gasteiger partial charge is 0.137 e. The number of anilines is 1. The van der Waals surface area contributed by atoms with Crippen LogP contribution in [0.2, 0.25) is 0 Å². The number of piperazine rings is 3. The SMILES string of the molecule is Fc1ccc2ncnc(NCC3CN4CCN3CC4)c2c1. The van der Waals surface area contributed by atoms with Gasteiger partial charge in [0.1, 0.15) is 18.0 Å². The van der Waals surface area contributed by atoms with E-state index in [0.717, 1.165) is 42.9 Å². The molecule has 4 heterocycles.